The molecule has 2 fully saturated rings. The van der Waals surface area contributed by atoms with Gasteiger partial charge in [-0.1, -0.05) is 5.21 Å². The third-order valence-electron chi connectivity index (χ3n) is 4.26. The van der Waals surface area contributed by atoms with Crippen molar-refractivity contribution in [3.8, 4) is 0 Å². The zero-order chi connectivity index (χ0) is 14.8. The lowest BCUT2D eigenvalue weighted by molar-refractivity contribution is -0.119. The minimum Gasteiger partial charge on any atom is -0.370 e. The molecule has 1 aromatic heterocycles. The number of carbonyl (C=O) groups is 2. The summed E-state index contributed by atoms with van der Waals surface area (Å²) in [7, 11) is 0. The molecule has 0 aromatic carbocycles. The quantitative estimate of drug-likeness (QED) is 0.752. The molecule has 0 bridgehead atoms. The van der Waals surface area contributed by atoms with Crippen molar-refractivity contribution in [1.29, 1.82) is 0 Å². The number of amides is 2. The van der Waals surface area contributed by atoms with Crippen LogP contribution in [0.3, 0.4) is 0 Å². The highest BCUT2D eigenvalue weighted by molar-refractivity contribution is 5.92. The van der Waals surface area contributed by atoms with Crippen molar-refractivity contribution in [3.05, 3.63) is 11.9 Å². The fourth-order valence-corrected chi connectivity index (χ4v) is 2.80. The first kappa shape index (κ1) is 14.0. The van der Waals surface area contributed by atoms with Crippen LogP contribution in [-0.2, 0) is 4.79 Å². The number of aromatic nitrogens is 3. The minimum atomic E-state index is -0.267. The van der Waals surface area contributed by atoms with Crippen molar-refractivity contribution >= 4 is 11.8 Å². The summed E-state index contributed by atoms with van der Waals surface area (Å²) in [6.45, 7) is 3.04. The highest BCUT2D eigenvalue weighted by Gasteiger charge is 2.27. The minimum absolute atomic E-state index is 0.0777. The van der Waals surface area contributed by atoms with Crippen molar-refractivity contribution in [2.45, 2.75) is 25.3 Å². The van der Waals surface area contributed by atoms with Crippen LogP contribution in [0.2, 0.25) is 0 Å². The van der Waals surface area contributed by atoms with Gasteiger partial charge in [0.1, 0.15) is 0 Å². The Balaban J connectivity index is 1.56. The van der Waals surface area contributed by atoms with Gasteiger partial charge in [-0.3, -0.25) is 9.59 Å². The zero-order valence-corrected chi connectivity index (χ0v) is 11.9. The van der Waals surface area contributed by atoms with Gasteiger partial charge in [0.05, 0.1) is 12.2 Å². The predicted molar refractivity (Wildman–Crippen MR) is 74.4 cm³/mol. The van der Waals surface area contributed by atoms with Gasteiger partial charge in [-0.25, -0.2) is 4.68 Å². The molecule has 0 spiro atoms. The normalized spacial score (nSPS) is 20.3. The van der Waals surface area contributed by atoms with Gasteiger partial charge in [0.15, 0.2) is 5.69 Å². The second-order valence-corrected chi connectivity index (χ2v) is 5.80. The van der Waals surface area contributed by atoms with E-state index in [1.54, 1.807) is 15.8 Å². The van der Waals surface area contributed by atoms with Crippen LogP contribution in [0.4, 0.5) is 0 Å². The Morgan fingerprint density at radius 2 is 2.05 bits per heavy atom. The number of nitrogens with two attached hydrogens (primary N) is 1. The molecule has 0 atom stereocenters. The van der Waals surface area contributed by atoms with E-state index in [4.69, 9.17) is 5.73 Å². The van der Waals surface area contributed by atoms with E-state index >= 15 is 0 Å². The molecule has 21 heavy (non-hydrogen) atoms. The summed E-state index contributed by atoms with van der Waals surface area (Å²) in [5.41, 5.74) is 5.61. The molecule has 2 saturated heterocycles. The first-order valence-electron chi connectivity index (χ1n) is 7.33. The summed E-state index contributed by atoms with van der Waals surface area (Å²) in [6.07, 6.45) is 3.76. The molecule has 3 heterocycles. The van der Waals surface area contributed by atoms with Crippen LogP contribution in [0.1, 0.15) is 35.8 Å². The summed E-state index contributed by atoms with van der Waals surface area (Å²) >= 11 is 0. The van der Waals surface area contributed by atoms with Crippen LogP contribution in [0, 0.1) is 5.92 Å². The summed E-state index contributed by atoms with van der Waals surface area (Å²) in [6, 6.07) is 0.306. The van der Waals surface area contributed by atoms with Gasteiger partial charge in [-0.2, -0.15) is 0 Å². The number of carbonyl (C=O) groups excluding carboxylic acids is 2. The average Bonchev–Trinajstić information content (AvgIpc) is 2.85. The van der Waals surface area contributed by atoms with Crippen LogP contribution in [0.5, 0.6) is 0 Å². The summed E-state index contributed by atoms with van der Waals surface area (Å²) in [4.78, 5) is 25.1. The van der Waals surface area contributed by atoms with E-state index in [9.17, 15) is 9.59 Å². The van der Waals surface area contributed by atoms with Gasteiger partial charge in [0.25, 0.3) is 5.91 Å². The van der Waals surface area contributed by atoms with Crippen LogP contribution >= 0.6 is 0 Å². The number of hydrogen-bond acceptors (Lipinski definition) is 5. The van der Waals surface area contributed by atoms with Gasteiger partial charge < -0.3 is 16.0 Å². The molecular weight excluding hydrogens is 272 g/mol. The van der Waals surface area contributed by atoms with Gasteiger partial charge in [-0.15, -0.1) is 5.10 Å². The van der Waals surface area contributed by atoms with Crippen LogP contribution < -0.4 is 11.1 Å². The third kappa shape index (κ3) is 3.05. The molecule has 0 saturated carbocycles. The Kier molecular flexibility index (Phi) is 3.87. The summed E-state index contributed by atoms with van der Waals surface area (Å²) in [5, 5.41) is 11.2. The molecule has 2 aliphatic heterocycles. The molecule has 1 aromatic rings. The average molecular weight is 292 g/mol. The topological polar surface area (TPSA) is 106 Å². The van der Waals surface area contributed by atoms with E-state index in [0.29, 0.717) is 37.2 Å². The molecule has 114 valence electrons. The maximum Gasteiger partial charge on any atom is 0.276 e. The Morgan fingerprint density at radius 3 is 2.62 bits per heavy atom. The van der Waals surface area contributed by atoms with E-state index in [-0.39, 0.29) is 11.8 Å². The lowest BCUT2D eigenvalue weighted by atomic mass is 9.93. The molecule has 8 nitrogen and oxygen atoms in total. The van der Waals surface area contributed by atoms with E-state index in [1.807, 2.05) is 0 Å². The zero-order valence-electron chi connectivity index (χ0n) is 11.9. The Hall–Kier alpha value is -1.96. The van der Waals surface area contributed by atoms with Gasteiger partial charge in [0, 0.05) is 32.6 Å². The number of hydrogen-bond donors (Lipinski definition) is 2. The monoisotopic (exact) mass is 292 g/mol. The van der Waals surface area contributed by atoms with Crippen molar-refractivity contribution in [1.82, 2.24) is 25.2 Å². The first-order chi connectivity index (χ1) is 10.1. The fourth-order valence-electron chi connectivity index (χ4n) is 2.80. The lowest BCUT2D eigenvalue weighted by Crippen LogP contribution is -2.43. The maximum atomic E-state index is 12.4. The van der Waals surface area contributed by atoms with Crippen LogP contribution in [-0.4, -0.2) is 57.9 Å². The number of nitrogens with one attached hydrogen (secondary N) is 1. The number of rotatable bonds is 4. The predicted octanol–water partition coefficient (Wildman–Crippen LogP) is -0.850. The van der Waals surface area contributed by atoms with Crippen molar-refractivity contribution in [2.24, 2.45) is 11.7 Å². The second-order valence-electron chi connectivity index (χ2n) is 5.80. The fraction of sp³-hybridized carbons (Fsp3) is 0.692. The summed E-state index contributed by atoms with van der Waals surface area (Å²) in [5.74, 6) is -0.0498. The Bertz CT molecular complexity index is 531. The molecule has 3 N–H and O–H groups in total. The summed E-state index contributed by atoms with van der Waals surface area (Å²) < 4.78 is 1.75. The van der Waals surface area contributed by atoms with E-state index in [0.717, 1.165) is 25.9 Å². The van der Waals surface area contributed by atoms with Crippen molar-refractivity contribution < 1.29 is 9.59 Å². The smallest absolute Gasteiger partial charge is 0.276 e. The number of nitrogens with zero attached hydrogens (tertiary/aromatic N) is 4. The number of piperidine rings is 1. The number of primary amides is 1. The molecule has 2 amide bonds. The first-order valence-corrected chi connectivity index (χ1v) is 7.33. The molecule has 3 rings (SSSR count). The van der Waals surface area contributed by atoms with Crippen molar-refractivity contribution in [3.63, 3.8) is 0 Å². The van der Waals surface area contributed by atoms with Crippen molar-refractivity contribution in [2.75, 3.05) is 26.2 Å². The van der Waals surface area contributed by atoms with Gasteiger partial charge in [0.2, 0.25) is 5.91 Å². The van der Waals surface area contributed by atoms with Crippen LogP contribution in [0.25, 0.3) is 0 Å². The molecule has 8 heteroatoms. The third-order valence-corrected chi connectivity index (χ3v) is 4.26. The lowest BCUT2D eigenvalue weighted by Gasteiger charge is -2.31. The highest BCUT2D eigenvalue weighted by Crippen LogP contribution is 2.21. The Morgan fingerprint density at radius 1 is 1.33 bits per heavy atom. The molecule has 0 radical (unpaired) electrons. The van der Waals surface area contributed by atoms with Gasteiger partial charge in [-0.05, 0) is 18.8 Å². The van der Waals surface area contributed by atoms with Crippen LogP contribution in [0.15, 0.2) is 6.20 Å². The molecule has 0 aliphatic carbocycles. The second kappa shape index (κ2) is 5.80. The molecular formula is C13H20N6O2. The number of likely N-dealkylation sites (tertiary alicyclic amines) is 1. The standard InChI is InChI=1S/C13H20N6O2/c14-12(20)5-9-1-3-18(4-2-9)13(21)11-8-19(17-16-11)10-6-15-7-10/h8-10,15H,1-7H2,(H2,14,20). The van der Waals surface area contributed by atoms with Gasteiger partial charge >= 0.3 is 0 Å². The SMILES string of the molecule is NC(=O)CC1CCN(C(=O)c2cn(C3CNC3)nn2)CC1. The Labute approximate surface area is 122 Å². The largest absolute Gasteiger partial charge is 0.370 e. The molecule has 2 aliphatic rings. The molecule has 0 unspecified atom stereocenters. The maximum absolute atomic E-state index is 12.4. The highest BCUT2D eigenvalue weighted by atomic mass is 16.2. The van der Waals surface area contributed by atoms with E-state index in [2.05, 4.69) is 15.6 Å². The van der Waals surface area contributed by atoms with E-state index in [1.165, 1.54) is 0 Å². The van der Waals surface area contributed by atoms with E-state index < -0.39 is 0 Å².